The van der Waals surface area contributed by atoms with Crippen molar-refractivity contribution in [3.63, 3.8) is 0 Å². The number of hydrogen-bond donors (Lipinski definition) is 4. The van der Waals surface area contributed by atoms with E-state index in [1.54, 1.807) is 6.07 Å². The predicted octanol–water partition coefficient (Wildman–Crippen LogP) is 5.52. The van der Waals surface area contributed by atoms with Gasteiger partial charge < -0.3 is 25.8 Å². The molecule has 4 aromatic carbocycles. The van der Waals surface area contributed by atoms with Crippen LogP contribution in [0.5, 0.6) is 0 Å². The molecule has 0 spiro atoms. The van der Waals surface area contributed by atoms with Gasteiger partial charge in [0.25, 0.3) is 5.91 Å². The molecule has 1 heterocycles. The number of amides is 3. The van der Waals surface area contributed by atoms with Gasteiger partial charge in [-0.05, 0) is 72.6 Å². The van der Waals surface area contributed by atoms with E-state index in [-0.39, 0.29) is 32.0 Å². The zero-order valence-electron chi connectivity index (χ0n) is 28.1. The highest BCUT2D eigenvalue weighted by atomic mass is 16.5. The molecule has 0 radical (unpaired) electrons. The van der Waals surface area contributed by atoms with Crippen molar-refractivity contribution in [3.05, 3.63) is 126 Å². The first-order chi connectivity index (χ1) is 24.4. The van der Waals surface area contributed by atoms with Crippen LogP contribution in [0.4, 0.5) is 5.69 Å². The summed E-state index contributed by atoms with van der Waals surface area (Å²) in [5.41, 5.74) is 2.51. The van der Waals surface area contributed by atoms with Gasteiger partial charge in [0.05, 0.1) is 24.5 Å². The summed E-state index contributed by atoms with van der Waals surface area (Å²) in [6.45, 7) is -0.626. The maximum absolute atomic E-state index is 13.8. The van der Waals surface area contributed by atoms with E-state index in [1.807, 2.05) is 109 Å². The van der Waals surface area contributed by atoms with Crippen LogP contribution in [0.2, 0.25) is 0 Å². The first-order valence-electron chi connectivity index (χ1n) is 17.3. The Kier molecular flexibility index (Phi) is 13.3. The number of hydrogen-bond acceptors (Lipinski definition) is 6. The smallest absolute Gasteiger partial charge is 0.309 e. The van der Waals surface area contributed by atoms with E-state index in [2.05, 4.69) is 16.0 Å². The molecule has 1 aliphatic rings. The topological polar surface area (TPSA) is 134 Å². The summed E-state index contributed by atoms with van der Waals surface area (Å²) < 4.78 is 5.76. The van der Waals surface area contributed by atoms with Crippen molar-refractivity contribution in [1.29, 1.82) is 0 Å². The quantitative estimate of drug-likeness (QED) is 0.129. The van der Waals surface area contributed by atoms with Crippen molar-refractivity contribution in [2.45, 2.75) is 57.0 Å². The summed E-state index contributed by atoms with van der Waals surface area (Å²) >= 11 is 0. The van der Waals surface area contributed by atoms with Gasteiger partial charge in [-0.15, -0.1) is 0 Å². The number of aliphatic hydroxyl groups is 1. The Labute approximate surface area is 293 Å². The SMILES string of the molecule is O=C(C[C@H]1CC=CCCC[C@H](Cc2ccccc2)C(=O)OC[C@@H](C(=O)Nc2ccc3ccccc3c2)NC1=O)N[C@@H](CO)Cc1ccccc1. The van der Waals surface area contributed by atoms with E-state index in [4.69, 9.17) is 4.74 Å². The van der Waals surface area contributed by atoms with Crippen molar-refractivity contribution >= 4 is 40.2 Å². The van der Waals surface area contributed by atoms with Crippen LogP contribution in [-0.4, -0.2) is 54.1 Å². The fourth-order valence-electron chi connectivity index (χ4n) is 6.17. The third-order valence-corrected chi connectivity index (χ3v) is 8.92. The number of aliphatic hydroxyl groups excluding tert-OH is 1. The summed E-state index contributed by atoms with van der Waals surface area (Å²) in [5.74, 6) is -3.10. The molecule has 0 bridgehead atoms. The minimum absolute atomic E-state index is 0.153. The van der Waals surface area contributed by atoms with Crippen molar-refractivity contribution in [2.24, 2.45) is 11.8 Å². The highest BCUT2D eigenvalue weighted by Crippen LogP contribution is 2.21. The first-order valence-corrected chi connectivity index (χ1v) is 17.3. The number of rotatable bonds is 10. The van der Waals surface area contributed by atoms with Crippen LogP contribution < -0.4 is 16.0 Å². The number of esters is 1. The lowest BCUT2D eigenvalue weighted by Gasteiger charge is -2.24. The van der Waals surface area contributed by atoms with Crippen molar-refractivity contribution < 1.29 is 29.0 Å². The second-order valence-corrected chi connectivity index (χ2v) is 12.8. The molecule has 5 rings (SSSR count). The molecular formula is C41H45N3O6. The average molecular weight is 676 g/mol. The zero-order valence-corrected chi connectivity index (χ0v) is 28.1. The molecule has 0 saturated heterocycles. The van der Waals surface area contributed by atoms with Gasteiger partial charge in [-0.25, -0.2) is 0 Å². The summed E-state index contributed by atoms with van der Waals surface area (Å²) in [7, 11) is 0. The number of allylic oxidation sites excluding steroid dienone is 2. The number of carbonyl (C=O) groups is 4. The Morgan fingerprint density at radius 3 is 2.28 bits per heavy atom. The number of ether oxygens (including phenoxy) is 1. The van der Waals surface area contributed by atoms with Gasteiger partial charge in [-0.3, -0.25) is 19.2 Å². The molecule has 260 valence electrons. The van der Waals surface area contributed by atoms with Crippen LogP contribution in [0.1, 0.15) is 43.2 Å². The molecule has 9 heteroatoms. The summed E-state index contributed by atoms with van der Waals surface area (Å²) in [6.07, 6.45) is 6.91. The molecule has 4 aromatic rings. The van der Waals surface area contributed by atoms with Crippen LogP contribution >= 0.6 is 0 Å². The summed E-state index contributed by atoms with van der Waals surface area (Å²) in [4.78, 5) is 54.2. The van der Waals surface area contributed by atoms with Crippen molar-refractivity contribution in [1.82, 2.24) is 10.6 Å². The van der Waals surface area contributed by atoms with E-state index in [0.29, 0.717) is 31.4 Å². The Morgan fingerprint density at radius 1 is 0.840 bits per heavy atom. The first kappa shape index (κ1) is 36.0. The van der Waals surface area contributed by atoms with Gasteiger partial charge in [0.15, 0.2) is 0 Å². The average Bonchev–Trinajstić information content (AvgIpc) is 3.13. The van der Waals surface area contributed by atoms with Crippen molar-refractivity contribution in [3.8, 4) is 0 Å². The third kappa shape index (κ3) is 10.9. The highest BCUT2D eigenvalue weighted by Gasteiger charge is 2.30. The Hall–Kier alpha value is -5.28. The number of cyclic esters (lactones) is 1. The molecule has 0 saturated carbocycles. The Morgan fingerprint density at radius 2 is 1.54 bits per heavy atom. The van der Waals surface area contributed by atoms with Gasteiger partial charge in [-0.1, -0.05) is 103 Å². The Balaban J connectivity index is 1.33. The van der Waals surface area contributed by atoms with Gasteiger partial charge in [-0.2, -0.15) is 0 Å². The summed E-state index contributed by atoms with van der Waals surface area (Å²) in [5, 5.41) is 20.4. The van der Waals surface area contributed by atoms with E-state index in [0.717, 1.165) is 28.3 Å². The fourth-order valence-corrected chi connectivity index (χ4v) is 6.17. The summed E-state index contributed by atoms with van der Waals surface area (Å²) in [6, 6.07) is 30.8. The van der Waals surface area contributed by atoms with Crippen LogP contribution in [0.15, 0.2) is 115 Å². The van der Waals surface area contributed by atoms with Gasteiger partial charge >= 0.3 is 5.97 Å². The van der Waals surface area contributed by atoms with Crippen LogP contribution in [0.3, 0.4) is 0 Å². The molecule has 50 heavy (non-hydrogen) atoms. The molecule has 0 unspecified atom stereocenters. The molecule has 1 aliphatic heterocycles. The maximum Gasteiger partial charge on any atom is 0.309 e. The lowest BCUT2D eigenvalue weighted by atomic mass is 9.93. The normalized spacial score (nSPS) is 19.4. The lowest BCUT2D eigenvalue weighted by Crippen LogP contribution is -2.50. The van der Waals surface area contributed by atoms with Crippen LogP contribution in [0.25, 0.3) is 10.8 Å². The highest BCUT2D eigenvalue weighted by molar-refractivity contribution is 5.99. The molecule has 4 atom stereocenters. The molecule has 3 amide bonds. The standard InChI is InChI=1S/C41H45N3O6/c45-27-36(24-30-15-7-4-8-16-30)42-38(46)26-33-19-9-1-2-10-20-34(23-29-13-5-3-6-14-29)41(49)50-28-37(44-39(33)47)40(48)43-35-22-21-31-17-11-12-18-32(31)25-35/h1,3-9,11-18,21-22,25,33-34,36-37,45H,2,10,19-20,23-24,26-28H2,(H,42,46)(H,43,48)(H,44,47)/t33-,34-,36-,37+/m1/s1. The second-order valence-electron chi connectivity index (χ2n) is 12.8. The Bertz CT molecular complexity index is 1760. The van der Waals surface area contributed by atoms with Gasteiger partial charge in [0, 0.05) is 12.1 Å². The lowest BCUT2D eigenvalue weighted by molar-refractivity contribution is -0.151. The largest absolute Gasteiger partial charge is 0.463 e. The van der Waals surface area contributed by atoms with Crippen LogP contribution in [0, 0.1) is 11.8 Å². The van der Waals surface area contributed by atoms with E-state index < -0.39 is 41.7 Å². The van der Waals surface area contributed by atoms with Crippen LogP contribution in [-0.2, 0) is 36.8 Å². The number of benzene rings is 4. The van der Waals surface area contributed by atoms with Crippen molar-refractivity contribution in [2.75, 3.05) is 18.5 Å². The number of anilines is 1. The monoisotopic (exact) mass is 675 g/mol. The minimum Gasteiger partial charge on any atom is -0.463 e. The molecule has 0 fully saturated rings. The number of carbonyl (C=O) groups excluding carboxylic acids is 4. The maximum atomic E-state index is 13.8. The predicted molar refractivity (Wildman–Crippen MR) is 194 cm³/mol. The molecule has 0 aliphatic carbocycles. The molecule has 0 aromatic heterocycles. The third-order valence-electron chi connectivity index (χ3n) is 8.92. The zero-order chi connectivity index (χ0) is 35.1. The molecular weight excluding hydrogens is 630 g/mol. The number of nitrogens with one attached hydrogen (secondary N) is 3. The number of fused-ring (bicyclic) bond motifs is 1. The van der Waals surface area contributed by atoms with E-state index in [9.17, 15) is 24.3 Å². The minimum atomic E-state index is -1.21. The van der Waals surface area contributed by atoms with E-state index in [1.165, 1.54) is 0 Å². The second kappa shape index (κ2) is 18.5. The van der Waals surface area contributed by atoms with E-state index >= 15 is 0 Å². The van der Waals surface area contributed by atoms with Gasteiger partial charge in [0.2, 0.25) is 11.8 Å². The van der Waals surface area contributed by atoms with Gasteiger partial charge in [0.1, 0.15) is 12.6 Å². The molecule has 4 N–H and O–H groups in total. The fraction of sp³-hybridized carbons (Fsp3) is 0.317. The molecule has 9 nitrogen and oxygen atoms in total.